The summed E-state index contributed by atoms with van der Waals surface area (Å²) >= 11 is 3.45. The number of fused-ring (bicyclic) bond motifs is 1. The summed E-state index contributed by atoms with van der Waals surface area (Å²) in [5, 5.41) is 4.16. The molecular weight excluding hydrogens is 320 g/mol. The summed E-state index contributed by atoms with van der Waals surface area (Å²) in [6.07, 6.45) is 0.951. The van der Waals surface area contributed by atoms with Crippen molar-refractivity contribution in [3.05, 3.63) is 34.5 Å². The summed E-state index contributed by atoms with van der Waals surface area (Å²) in [6, 6.07) is 7.93. The molecule has 0 saturated carbocycles. The van der Waals surface area contributed by atoms with Crippen LogP contribution >= 0.6 is 15.9 Å². The van der Waals surface area contributed by atoms with Crippen molar-refractivity contribution in [1.29, 1.82) is 0 Å². The van der Waals surface area contributed by atoms with E-state index in [0.717, 1.165) is 41.5 Å². The second-order valence-electron chi connectivity index (χ2n) is 5.08. The topological polar surface area (TPSA) is 45.5 Å². The van der Waals surface area contributed by atoms with Crippen LogP contribution in [0, 0.1) is 0 Å². The van der Waals surface area contributed by atoms with Crippen molar-refractivity contribution in [2.24, 2.45) is 0 Å². The normalized spacial score (nSPS) is 15.3. The Morgan fingerprint density at radius 1 is 1.50 bits per heavy atom. The van der Waals surface area contributed by atoms with Crippen LogP contribution in [-0.4, -0.2) is 36.5 Å². The molecule has 4 nitrogen and oxygen atoms in total. The van der Waals surface area contributed by atoms with E-state index in [2.05, 4.69) is 28.2 Å². The maximum absolute atomic E-state index is 12.6. The van der Waals surface area contributed by atoms with Gasteiger partial charge in [-0.2, -0.15) is 0 Å². The third kappa shape index (κ3) is 2.36. The number of nitrogens with one attached hydrogen (secondary N) is 1. The number of hydrogen-bond donors (Lipinski definition) is 1. The van der Waals surface area contributed by atoms with E-state index < -0.39 is 0 Å². The summed E-state index contributed by atoms with van der Waals surface area (Å²) in [4.78, 5) is 14.6. The molecule has 0 spiro atoms. The Morgan fingerprint density at radius 2 is 2.30 bits per heavy atom. The molecule has 1 aromatic carbocycles. The maximum Gasteiger partial charge on any atom is 0.289 e. The minimum Gasteiger partial charge on any atom is -0.450 e. The van der Waals surface area contributed by atoms with Crippen LogP contribution < -0.4 is 5.32 Å². The monoisotopic (exact) mass is 336 g/mol. The van der Waals surface area contributed by atoms with E-state index in [1.807, 2.05) is 29.2 Å². The van der Waals surface area contributed by atoms with Gasteiger partial charge >= 0.3 is 0 Å². The molecule has 1 N–H and O–H groups in total. The Labute approximate surface area is 126 Å². The number of furan rings is 1. The first kappa shape index (κ1) is 13.6. The summed E-state index contributed by atoms with van der Waals surface area (Å²) in [5.74, 6) is 0.411. The van der Waals surface area contributed by atoms with Crippen molar-refractivity contribution in [1.82, 2.24) is 10.2 Å². The number of carbonyl (C=O) groups is 1. The molecule has 0 aliphatic carbocycles. The Bertz CT molecular complexity index is 634. The first-order valence-corrected chi connectivity index (χ1v) is 7.69. The number of benzene rings is 1. The van der Waals surface area contributed by atoms with Gasteiger partial charge in [0.15, 0.2) is 5.76 Å². The molecule has 0 radical (unpaired) electrons. The first-order chi connectivity index (χ1) is 9.70. The van der Waals surface area contributed by atoms with Crippen LogP contribution in [-0.2, 0) is 0 Å². The average molecular weight is 337 g/mol. The molecule has 2 aromatic rings. The lowest BCUT2D eigenvalue weighted by atomic mass is 10.1. The quantitative estimate of drug-likeness (QED) is 0.933. The number of rotatable bonds is 4. The molecular formula is C15H17BrN2O2. The van der Waals surface area contributed by atoms with Gasteiger partial charge in [0.25, 0.3) is 5.91 Å². The predicted molar refractivity (Wildman–Crippen MR) is 81.9 cm³/mol. The Hall–Kier alpha value is -1.33. The van der Waals surface area contributed by atoms with Crippen LogP contribution in [0.25, 0.3) is 11.0 Å². The van der Waals surface area contributed by atoms with Crippen molar-refractivity contribution in [2.45, 2.75) is 19.4 Å². The lowest BCUT2D eigenvalue weighted by Gasteiger charge is -2.37. The van der Waals surface area contributed by atoms with Crippen molar-refractivity contribution in [2.75, 3.05) is 19.6 Å². The van der Waals surface area contributed by atoms with Crippen molar-refractivity contribution in [3.8, 4) is 0 Å². The van der Waals surface area contributed by atoms with E-state index in [0.29, 0.717) is 11.8 Å². The third-order valence-electron chi connectivity index (χ3n) is 3.63. The van der Waals surface area contributed by atoms with Gasteiger partial charge in [0.1, 0.15) is 5.58 Å². The highest BCUT2D eigenvalue weighted by Gasteiger charge is 2.30. The highest BCUT2D eigenvalue weighted by atomic mass is 79.9. The second-order valence-corrected chi connectivity index (χ2v) is 5.93. The van der Waals surface area contributed by atoms with Gasteiger partial charge in [0.2, 0.25) is 0 Å². The summed E-state index contributed by atoms with van der Waals surface area (Å²) in [6.45, 7) is 4.59. The molecule has 1 aliphatic heterocycles. The lowest BCUT2D eigenvalue weighted by molar-refractivity contribution is 0.0586. The smallest absolute Gasteiger partial charge is 0.289 e. The van der Waals surface area contributed by atoms with Crippen molar-refractivity contribution >= 4 is 32.8 Å². The third-order valence-corrected chi connectivity index (χ3v) is 4.26. The van der Waals surface area contributed by atoms with Crippen LogP contribution in [0.4, 0.5) is 0 Å². The van der Waals surface area contributed by atoms with Crippen LogP contribution in [0.2, 0.25) is 0 Å². The largest absolute Gasteiger partial charge is 0.450 e. The first-order valence-electron chi connectivity index (χ1n) is 6.90. The molecule has 1 aromatic heterocycles. The molecule has 1 saturated heterocycles. The van der Waals surface area contributed by atoms with Gasteiger partial charge in [0, 0.05) is 25.0 Å². The van der Waals surface area contributed by atoms with Gasteiger partial charge in [-0.25, -0.2) is 0 Å². The molecule has 1 aliphatic rings. The Balaban J connectivity index is 1.92. The summed E-state index contributed by atoms with van der Waals surface area (Å²) in [7, 11) is 0. The standard InChI is InChI=1S/C15H17BrN2O2/c1-2-6-18(11-8-17-9-11)15(19)13-7-10-4-3-5-12(16)14(10)20-13/h3-5,7,11,17H,2,6,8-9H2,1H3. The van der Waals surface area contributed by atoms with Crippen molar-refractivity contribution in [3.63, 3.8) is 0 Å². The molecule has 2 heterocycles. The number of nitrogens with zero attached hydrogens (tertiary/aromatic N) is 1. The Kier molecular flexibility index (Phi) is 3.81. The molecule has 106 valence electrons. The van der Waals surface area contributed by atoms with Gasteiger partial charge in [-0.3, -0.25) is 4.79 Å². The van der Waals surface area contributed by atoms with Gasteiger partial charge in [0.05, 0.1) is 10.5 Å². The van der Waals surface area contributed by atoms with Crippen LogP contribution in [0.1, 0.15) is 23.9 Å². The minimum absolute atomic E-state index is 0.0125. The molecule has 1 fully saturated rings. The molecule has 1 amide bonds. The molecule has 0 atom stereocenters. The van der Waals surface area contributed by atoms with Gasteiger partial charge in [-0.05, 0) is 34.5 Å². The molecule has 0 unspecified atom stereocenters. The van der Waals surface area contributed by atoms with E-state index in [1.54, 1.807) is 0 Å². The summed E-state index contributed by atoms with van der Waals surface area (Å²) < 4.78 is 6.62. The number of carbonyl (C=O) groups excluding carboxylic acids is 1. The Morgan fingerprint density at radius 3 is 2.90 bits per heavy atom. The fourth-order valence-corrected chi connectivity index (χ4v) is 2.92. The van der Waals surface area contributed by atoms with Crippen LogP contribution in [0.15, 0.2) is 33.2 Å². The average Bonchev–Trinajstić information content (AvgIpc) is 2.81. The zero-order valence-electron chi connectivity index (χ0n) is 11.4. The van der Waals surface area contributed by atoms with E-state index >= 15 is 0 Å². The van der Waals surface area contributed by atoms with E-state index in [-0.39, 0.29) is 5.91 Å². The van der Waals surface area contributed by atoms with E-state index in [4.69, 9.17) is 4.42 Å². The SMILES string of the molecule is CCCN(C(=O)c1cc2cccc(Br)c2o1)C1CNC1. The lowest BCUT2D eigenvalue weighted by Crippen LogP contribution is -2.59. The van der Waals surface area contributed by atoms with Crippen LogP contribution in [0.5, 0.6) is 0 Å². The van der Waals surface area contributed by atoms with E-state index in [9.17, 15) is 4.79 Å². The zero-order valence-corrected chi connectivity index (χ0v) is 12.9. The van der Waals surface area contributed by atoms with Gasteiger partial charge in [-0.15, -0.1) is 0 Å². The second kappa shape index (κ2) is 5.58. The van der Waals surface area contributed by atoms with Crippen molar-refractivity contribution < 1.29 is 9.21 Å². The molecule has 5 heteroatoms. The molecule has 20 heavy (non-hydrogen) atoms. The van der Waals surface area contributed by atoms with E-state index in [1.165, 1.54) is 0 Å². The number of para-hydroxylation sites is 1. The number of amides is 1. The zero-order chi connectivity index (χ0) is 14.1. The molecule has 0 bridgehead atoms. The number of halogens is 1. The molecule has 3 rings (SSSR count). The minimum atomic E-state index is -0.0125. The van der Waals surface area contributed by atoms with Crippen LogP contribution in [0.3, 0.4) is 0 Å². The fourth-order valence-electron chi connectivity index (χ4n) is 2.46. The van der Waals surface area contributed by atoms with Gasteiger partial charge < -0.3 is 14.6 Å². The fraction of sp³-hybridized carbons (Fsp3) is 0.400. The van der Waals surface area contributed by atoms with Gasteiger partial charge in [-0.1, -0.05) is 19.1 Å². The maximum atomic E-state index is 12.6. The predicted octanol–water partition coefficient (Wildman–Crippen LogP) is 3.02. The highest BCUT2D eigenvalue weighted by molar-refractivity contribution is 9.10. The highest BCUT2D eigenvalue weighted by Crippen LogP contribution is 2.28. The number of hydrogen-bond acceptors (Lipinski definition) is 3. The summed E-state index contributed by atoms with van der Waals surface area (Å²) in [5.41, 5.74) is 0.735.